The number of carbonyl (C=O) groups is 1. The summed E-state index contributed by atoms with van der Waals surface area (Å²) in [6.07, 6.45) is 8.98. The molecular weight excluding hydrogens is 292 g/mol. The summed E-state index contributed by atoms with van der Waals surface area (Å²) in [4.78, 5) is 18.4. The van der Waals surface area contributed by atoms with E-state index in [2.05, 4.69) is 20.9 Å². The first kappa shape index (κ1) is 13.5. The zero-order valence-electron chi connectivity index (χ0n) is 10.7. The lowest BCUT2D eigenvalue weighted by molar-refractivity contribution is 0.0717. The highest BCUT2D eigenvalue weighted by atomic mass is 79.9. The maximum absolute atomic E-state index is 12.3. The fourth-order valence-electron chi connectivity index (χ4n) is 2.52. The van der Waals surface area contributed by atoms with Crippen molar-refractivity contribution in [1.29, 1.82) is 0 Å². The van der Waals surface area contributed by atoms with Crippen LogP contribution in [0.4, 0.5) is 0 Å². The van der Waals surface area contributed by atoms with E-state index in [0.29, 0.717) is 11.6 Å². The predicted molar refractivity (Wildman–Crippen MR) is 75.5 cm³/mol. The van der Waals surface area contributed by atoms with Crippen LogP contribution in [0.1, 0.15) is 48.9 Å². The Morgan fingerprint density at radius 2 is 1.94 bits per heavy atom. The Morgan fingerprint density at radius 1 is 1.28 bits per heavy atom. The standard InChI is InChI=1S/C14H19BrN2O/c1-17(12-6-4-2-3-5-7-12)14(18)11-8-9-13(15)16-10-11/h8-10,12H,2-7H2,1H3. The molecule has 0 spiro atoms. The van der Waals surface area contributed by atoms with Gasteiger partial charge in [0, 0.05) is 19.3 Å². The van der Waals surface area contributed by atoms with Crippen molar-refractivity contribution in [1.82, 2.24) is 9.88 Å². The van der Waals surface area contributed by atoms with Crippen LogP contribution in [-0.2, 0) is 0 Å². The molecule has 1 aliphatic rings. The van der Waals surface area contributed by atoms with Crippen molar-refractivity contribution in [3.63, 3.8) is 0 Å². The highest BCUT2D eigenvalue weighted by Crippen LogP contribution is 2.22. The second-order valence-electron chi connectivity index (χ2n) is 4.93. The highest BCUT2D eigenvalue weighted by Gasteiger charge is 2.22. The van der Waals surface area contributed by atoms with Gasteiger partial charge < -0.3 is 4.90 Å². The zero-order valence-corrected chi connectivity index (χ0v) is 12.3. The Bertz CT molecular complexity index is 397. The van der Waals surface area contributed by atoms with Gasteiger partial charge in [0.15, 0.2) is 0 Å². The van der Waals surface area contributed by atoms with Crippen molar-refractivity contribution >= 4 is 21.8 Å². The summed E-state index contributed by atoms with van der Waals surface area (Å²) in [6.45, 7) is 0. The number of hydrogen-bond donors (Lipinski definition) is 0. The molecule has 1 aromatic rings. The van der Waals surface area contributed by atoms with Crippen LogP contribution >= 0.6 is 15.9 Å². The Hall–Kier alpha value is -0.900. The maximum Gasteiger partial charge on any atom is 0.255 e. The average molecular weight is 311 g/mol. The summed E-state index contributed by atoms with van der Waals surface area (Å²) >= 11 is 3.28. The Kier molecular flexibility index (Phi) is 4.75. The van der Waals surface area contributed by atoms with Gasteiger partial charge in [0.25, 0.3) is 5.91 Å². The molecule has 3 nitrogen and oxygen atoms in total. The van der Waals surface area contributed by atoms with E-state index in [1.54, 1.807) is 6.20 Å². The quantitative estimate of drug-likeness (QED) is 0.617. The van der Waals surface area contributed by atoms with Gasteiger partial charge >= 0.3 is 0 Å². The SMILES string of the molecule is CN(C(=O)c1ccc(Br)nc1)C1CCCCCC1. The summed E-state index contributed by atoms with van der Waals surface area (Å²) in [5.41, 5.74) is 0.671. The summed E-state index contributed by atoms with van der Waals surface area (Å²) < 4.78 is 0.760. The van der Waals surface area contributed by atoms with Crippen molar-refractivity contribution in [3.8, 4) is 0 Å². The second kappa shape index (κ2) is 6.32. The topological polar surface area (TPSA) is 33.2 Å². The van der Waals surface area contributed by atoms with Crippen molar-refractivity contribution in [3.05, 3.63) is 28.5 Å². The molecular formula is C14H19BrN2O. The Morgan fingerprint density at radius 3 is 2.50 bits per heavy atom. The van der Waals surface area contributed by atoms with E-state index in [1.165, 1.54) is 25.7 Å². The van der Waals surface area contributed by atoms with E-state index < -0.39 is 0 Å². The first-order valence-electron chi connectivity index (χ1n) is 6.57. The minimum Gasteiger partial charge on any atom is -0.339 e. The van der Waals surface area contributed by atoms with Crippen LogP contribution in [0.25, 0.3) is 0 Å². The molecule has 0 radical (unpaired) electrons. The number of carbonyl (C=O) groups excluding carboxylic acids is 1. The van der Waals surface area contributed by atoms with Crippen LogP contribution in [0.2, 0.25) is 0 Å². The molecule has 0 aliphatic heterocycles. The molecule has 18 heavy (non-hydrogen) atoms. The summed E-state index contributed by atoms with van der Waals surface area (Å²) in [7, 11) is 1.92. The monoisotopic (exact) mass is 310 g/mol. The number of rotatable bonds is 2. The van der Waals surface area contributed by atoms with Gasteiger partial charge in [-0.05, 0) is 40.9 Å². The Labute approximate surface area is 117 Å². The number of hydrogen-bond acceptors (Lipinski definition) is 2. The van der Waals surface area contributed by atoms with E-state index in [4.69, 9.17) is 0 Å². The highest BCUT2D eigenvalue weighted by molar-refractivity contribution is 9.10. The van der Waals surface area contributed by atoms with Gasteiger partial charge in [0.2, 0.25) is 0 Å². The van der Waals surface area contributed by atoms with Crippen molar-refractivity contribution < 1.29 is 4.79 Å². The average Bonchev–Trinajstić information content (AvgIpc) is 2.67. The third-order valence-corrected chi connectivity index (χ3v) is 4.14. The minimum absolute atomic E-state index is 0.0851. The van der Waals surface area contributed by atoms with Gasteiger partial charge in [-0.15, -0.1) is 0 Å². The number of amides is 1. The molecule has 1 saturated carbocycles. The molecule has 1 aliphatic carbocycles. The number of halogens is 1. The van der Waals surface area contributed by atoms with Crippen LogP contribution in [0.3, 0.4) is 0 Å². The summed E-state index contributed by atoms with van der Waals surface area (Å²) in [5.74, 6) is 0.0851. The van der Waals surface area contributed by atoms with Gasteiger partial charge in [0.1, 0.15) is 4.60 Å². The molecule has 0 aromatic carbocycles. The van der Waals surface area contributed by atoms with E-state index in [-0.39, 0.29) is 5.91 Å². The van der Waals surface area contributed by atoms with Crippen LogP contribution in [0, 0.1) is 0 Å². The molecule has 1 aromatic heterocycles. The number of aromatic nitrogens is 1. The maximum atomic E-state index is 12.3. The van der Waals surface area contributed by atoms with Crippen molar-refractivity contribution in [2.24, 2.45) is 0 Å². The summed E-state index contributed by atoms with van der Waals surface area (Å²) in [5, 5.41) is 0. The van der Waals surface area contributed by atoms with Crippen LogP contribution < -0.4 is 0 Å². The van der Waals surface area contributed by atoms with Gasteiger partial charge in [0.05, 0.1) is 5.56 Å². The normalized spacial score (nSPS) is 17.2. The summed E-state index contributed by atoms with van der Waals surface area (Å²) in [6, 6.07) is 4.03. The van der Waals surface area contributed by atoms with Gasteiger partial charge in [-0.1, -0.05) is 25.7 Å². The molecule has 0 N–H and O–H groups in total. The molecule has 1 fully saturated rings. The van der Waals surface area contributed by atoms with Crippen molar-refractivity contribution in [2.45, 2.75) is 44.6 Å². The lowest BCUT2D eigenvalue weighted by Gasteiger charge is -2.27. The molecule has 0 saturated heterocycles. The van der Waals surface area contributed by atoms with Gasteiger partial charge in [-0.2, -0.15) is 0 Å². The third kappa shape index (κ3) is 3.31. The van der Waals surface area contributed by atoms with Crippen LogP contribution in [0.5, 0.6) is 0 Å². The van der Waals surface area contributed by atoms with Crippen LogP contribution in [0.15, 0.2) is 22.9 Å². The first-order chi connectivity index (χ1) is 8.68. The second-order valence-corrected chi connectivity index (χ2v) is 5.74. The molecule has 4 heteroatoms. The molecule has 98 valence electrons. The largest absolute Gasteiger partial charge is 0.339 e. The van der Waals surface area contributed by atoms with Crippen molar-refractivity contribution in [2.75, 3.05) is 7.05 Å². The first-order valence-corrected chi connectivity index (χ1v) is 7.36. The van der Waals surface area contributed by atoms with E-state index in [9.17, 15) is 4.79 Å². The lowest BCUT2D eigenvalue weighted by atomic mass is 10.1. The van der Waals surface area contributed by atoms with E-state index in [1.807, 2.05) is 24.1 Å². The number of nitrogens with zero attached hydrogens (tertiary/aromatic N) is 2. The fraction of sp³-hybridized carbons (Fsp3) is 0.571. The molecule has 0 atom stereocenters. The fourth-order valence-corrected chi connectivity index (χ4v) is 2.75. The lowest BCUT2D eigenvalue weighted by Crippen LogP contribution is -2.36. The predicted octanol–water partition coefficient (Wildman–Crippen LogP) is 3.64. The van der Waals surface area contributed by atoms with E-state index >= 15 is 0 Å². The van der Waals surface area contributed by atoms with Gasteiger partial charge in [-0.3, -0.25) is 4.79 Å². The molecule has 1 amide bonds. The smallest absolute Gasteiger partial charge is 0.255 e. The molecule has 0 unspecified atom stereocenters. The molecule has 2 rings (SSSR count). The Balaban J connectivity index is 2.05. The van der Waals surface area contributed by atoms with Gasteiger partial charge in [-0.25, -0.2) is 4.98 Å². The van der Waals surface area contributed by atoms with Crippen LogP contribution in [-0.4, -0.2) is 28.9 Å². The third-order valence-electron chi connectivity index (χ3n) is 3.67. The van der Waals surface area contributed by atoms with E-state index in [0.717, 1.165) is 17.4 Å². The molecule has 1 heterocycles. The zero-order chi connectivity index (χ0) is 13.0. The minimum atomic E-state index is 0.0851. The molecule has 0 bridgehead atoms. The number of pyridine rings is 1.